The molecule has 11 heteroatoms. The average molecular weight is 561 g/mol. The van der Waals surface area contributed by atoms with Crippen molar-refractivity contribution in [2.45, 2.75) is 51.4 Å². The third-order valence-corrected chi connectivity index (χ3v) is 7.82. The Labute approximate surface area is 230 Å². The van der Waals surface area contributed by atoms with Crippen LogP contribution in [0.3, 0.4) is 0 Å². The topological polar surface area (TPSA) is 101 Å². The van der Waals surface area contributed by atoms with Crippen LogP contribution in [-0.2, 0) is 26.0 Å². The van der Waals surface area contributed by atoms with Crippen LogP contribution in [0.4, 0.5) is 8.78 Å². The molecule has 0 saturated heterocycles. The minimum Gasteiger partial charge on any atom is -0.484 e. The molecule has 3 heterocycles. The summed E-state index contributed by atoms with van der Waals surface area (Å²) in [7, 11) is 0. The lowest BCUT2D eigenvalue weighted by molar-refractivity contribution is 0.00260. The molecule has 1 aromatic carbocycles. The lowest BCUT2D eigenvalue weighted by Crippen LogP contribution is -2.42. The Hall–Kier alpha value is -3.08. The number of alkyl halides is 2. The van der Waals surface area contributed by atoms with Crippen molar-refractivity contribution in [1.29, 1.82) is 0 Å². The van der Waals surface area contributed by atoms with E-state index in [0.29, 0.717) is 67.4 Å². The average Bonchev–Trinajstić information content (AvgIpc) is 3.42. The molecule has 2 aromatic heterocycles. The van der Waals surface area contributed by atoms with E-state index in [9.17, 15) is 18.7 Å². The highest BCUT2D eigenvalue weighted by molar-refractivity contribution is 6.33. The van der Waals surface area contributed by atoms with Crippen molar-refractivity contribution in [2.24, 2.45) is 11.8 Å². The Bertz CT molecular complexity index is 1270. The number of hydrogen-bond donors (Lipinski definition) is 2. The zero-order valence-corrected chi connectivity index (χ0v) is 22.1. The van der Waals surface area contributed by atoms with Gasteiger partial charge in [-0.15, -0.1) is 0 Å². The van der Waals surface area contributed by atoms with Gasteiger partial charge in [0.1, 0.15) is 12.4 Å². The monoisotopic (exact) mass is 560 g/mol. The summed E-state index contributed by atoms with van der Waals surface area (Å²) in [4.78, 5) is 23.0. The van der Waals surface area contributed by atoms with Crippen molar-refractivity contribution in [3.63, 3.8) is 0 Å². The molecule has 39 heavy (non-hydrogen) atoms. The first kappa shape index (κ1) is 27.5. The number of benzene rings is 1. The number of halogens is 3. The standard InChI is InChI=1S/C28H31ClF2N4O4/c29-26-24-4-6-35(13-19(24)1-2-25(26)38-15-23-12-32-16-39-23)14-22(36)11-34-28(37)18-3-5-33-21(10-18)9-17-7-20(8-17)27(30)31/h1-3,5,10,12,16-17,20,22,27,36H,4,6-9,11,13-15H2,(H,34,37)/t17?,20?,22-/m0/s1. The number of aromatic nitrogens is 2. The van der Waals surface area contributed by atoms with Gasteiger partial charge in [-0.1, -0.05) is 17.7 Å². The summed E-state index contributed by atoms with van der Waals surface area (Å²) in [5.74, 6) is 0.562. The molecule has 1 fully saturated rings. The summed E-state index contributed by atoms with van der Waals surface area (Å²) in [6.07, 6.45) is 3.78. The smallest absolute Gasteiger partial charge is 0.251 e. The minimum atomic E-state index is -2.26. The summed E-state index contributed by atoms with van der Waals surface area (Å²) < 4.78 is 36.4. The number of β-amino-alcohol motifs (C(OH)–C–C–N with tert-alkyl or cyclic N) is 1. The summed E-state index contributed by atoms with van der Waals surface area (Å²) in [5, 5.41) is 14.0. The molecular weight excluding hydrogens is 530 g/mol. The maximum atomic E-state index is 12.7. The Morgan fingerprint density at radius 1 is 1.31 bits per heavy atom. The quantitative estimate of drug-likeness (QED) is 0.361. The van der Waals surface area contributed by atoms with Crippen molar-refractivity contribution < 1.29 is 27.8 Å². The maximum Gasteiger partial charge on any atom is 0.251 e. The number of aliphatic hydroxyl groups excluding tert-OH is 1. The van der Waals surface area contributed by atoms with Crippen LogP contribution < -0.4 is 10.1 Å². The van der Waals surface area contributed by atoms with E-state index < -0.39 is 18.4 Å². The number of hydrogen-bond acceptors (Lipinski definition) is 7. The van der Waals surface area contributed by atoms with Gasteiger partial charge in [-0.2, -0.15) is 0 Å². The summed E-state index contributed by atoms with van der Waals surface area (Å²) in [6.45, 7) is 2.09. The van der Waals surface area contributed by atoms with E-state index in [0.717, 1.165) is 16.8 Å². The highest BCUT2D eigenvalue weighted by Crippen LogP contribution is 2.39. The van der Waals surface area contributed by atoms with Crippen LogP contribution in [0, 0.1) is 11.8 Å². The predicted molar refractivity (Wildman–Crippen MR) is 140 cm³/mol. The van der Waals surface area contributed by atoms with E-state index in [2.05, 4.69) is 20.2 Å². The highest BCUT2D eigenvalue weighted by Gasteiger charge is 2.35. The predicted octanol–water partition coefficient (Wildman–Crippen LogP) is 4.28. The van der Waals surface area contributed by atoms with E-state index in [-0.39, 0.29) is 25.0 Å². The lowest BCUT2D eigenvalue weighted by Gasteiger charge is -2.34. The van der Waals surface area contributed by atoms with Gasteiger partial charge in [0.15, 0.2) is 12.2 Å². The zero-order valence-electron chi connectivity index (χ0n) is 21.4. The number of nitrogens with zero attached hydrogens (tertiary/aromatic N) is 3. The van der Waals surface area contributed by atoms with Crippen LogP contribution in [0.5, 0.6) is 5.75 Å². The fourth-order valence-electron chi connectivity index (χ4n) is 5.24. The van der Waals surface area contributed by atoms with Crippen LogP contribution in [0.2, 0.25) is 5.02 Å². The summed E-state index contributed by atoms with van der Waals surface area (Å²) >= 11 is 6.61. The van der Waals surface area contributed by atoms with Gasteiger partial charge in [-0.25, -0.2) is 13.8 Å². The van der Waals surface area contributed by atoms with Gasteiger partial charge >= 0.3 is 0 Å². The first-order chi connectivity index (χ1) is 18.9. The van der Waals surface area contributed by atoms with Gasteiger partial charge in [0.05, 0.1) is 17.3 Å². The number of rotatable bonds is 11. The number of ether oxygens (including phenoxy) is 1. The molecule has 1 aliphatic carbocycles. The second-order valence-electron chi connectivity index (χ2n) is 10.3. The maximum absolute atomic E-state index is 12.7. The van der Waals surface area contributed by atoms with Gasteiger partial charge in [0, 0.05) is 49.6 Å². The molecule has 2 aliphatic rings. The third kappa shape index (κ3) is 6.93. The van der Waals surface area contributed by atoms with Gasteiger partial charge in [-0.05, 0) is 60.9 Å². The minimum absolute atomic E-state index is 0.105. The summed E-state index contributed by atoms with van der Waals surface area (Å²) in [5.41, 5.74) is 3.27. The molecule has 1 aliphatic heterocycles. The Morgan fingerprint density at radius 2 is 2.15 bits per heavy atom. The molecule has 1 saturated carbocycles. The molecular formula is C28H31ClF2N4O4. The van der Waals surface area contributed by atoms with Crippen molar-refractivity contribution in [2.75, 3.05) is 19.6 Å². The normalized spacial score (nSPS) is 19.8. The van der Waals surface area contributed by atoms with Gasteiger partial charge in [-0.3, -0.25) is 14.7 Å². The fraction of sp³-hybridized carbons (Fsp3) is 0.464. The molecule has 8 nitrogen and oxygen atoms in total. The van der Waals surface area contributed by atoms with Crippen molar-refractivity contribution in [1.82, 2.24) is 20.2 Å². The Balaban J connectivity index is 1.07. The second kappa shape index (κ2) is 12.4. The van der Waals surface area contributed by atoms with E-state index in [1.165, 1.54) is 6.39 Å². The number of pyridine rings is 1. The van der Waals surface area contributed by atoms with Crippen LogP contribution in [-0.4, -0.2) is 58.0 Å². The molecule has 0 spiro atoms. The van der Waals surface area contributed by atoms with E-state index in [1.54, 1.807) is 24.5 Å². The second-order valence-corrected chi connectivity index (χ2v) is 10.7. The largest absolute Gasteiger partial charge is 0.484 e. The highest BCUT2D eigenvalue weighted by atomic mass is 35.5. The Kier molecular flexibility index (Phi) is 8.74. The molecule has 1 amide bonds. The number of fused-ring (bicyclic) bond motifs is 1. The third-order valence-electron chi connectivity index (χ3n) is 7.40. The molecule has 0 radical (unpaired) electrons. The van der Waals surface area contributed by atoms with Crippen LogP contribution >= 0.6 is 11.6 Å². The van der Waals surface area contributed by atoms with Crippen molar-refractivity contribution in [3.8, 4) is 5.75 Å². The van der Waals surface area contributed by atoms with Crippen LogP contribution in [0.15, 0.2) is 47.5 Å². The lowest BCUT2D eigenvalue weighted by atomic mass is 9.73. The van der Waals surface area contributed by atoms with Crippen molar-refractivity contribution in [3.05, 3.63) is 76.2 Å². The Morgan fingerprint density at radius 3 is 2.92 bits per heavy atom. The van der Waals surface area contributed by atoms with Crippen molar-refractivity contribution >= 4 is 17.5 Å². The van der Waals surface area contributed by atoms with Gasteiger partial charge < -0.3 is 19.6 Å². The first-order valence-corrected chi connectivity index (χ1v) is 13.5. The summed E-state index contributed by atoms with van der Waals surface area (Å²) in [6, 6.07) is 7.13. The molecule has 5 rings (SSSR count). The molecule has 208 valence electrons. The molecule has 2 N–H and O–H groups in total. The SMILES string of the molecule is O=C(NC[C@H](O)CN1CCc2c(ccc(OCc3cnco3)c2Cl)C1)c1ccnc(CC2CC(C(F)F)C2)c1. The molecule has 0 unspecified atom stereocenters. The van der Waals surface area contributed by atoms with Crippen LogP contribution in [0.1, 0.15) is 45.8 Å². The number of nitrogens with one attached hydrogen (secondary N) is 1. The molecule has 3 aromatic rings. The fourth-order valence-corrected chi connectivity index (χ4v) is 5.57. The molecule has 1 atom stereocenters. The van der Waals surface area contributed by atoms with E-state index >= 15 is 0 Å². The number of amides is 1. The number of carbonyl (C=O) groups excluding carboxylic acids is 1. The van der Waals surface area contributed by atoms with Gasteiger partial charge in [0.25, 0.3) is 5.91 Å². The van der Waals surface area contributed by atoms with Gasteiger partial charge in [0.2, 0.25) is 6.43 Å². The first-order valence-electron chi connectivity index (χ1n) is 13.1. The van der Waals surface area contributed by atoms with Crippen LogP contribution in [0.25, 0.3) is 0 Å². The van der Waals surface area contributed by atoms with E-state index in [4.69, 9.17) is 20.8 Å². The van der Waals surface area contributed by atoms with E-state index in [1.807, 2.05) is 12.1 Å². The number of oxazole rings is 1. The number of carbonyl (C=O) groups is 1. The zero-order chi connectivity index (χ0) is 27.4. The number of aliphatic hydroxyl groups is 1. The molecule has 0 bridgehead atoms.